The SMILES string of the molecule is CC1(C)CCN(c2ncc(C(=O)N3CCS(O)(O)CC3)c(C(F)(F)F)n2)c2ccccc21. The third-order valence-corrected chi connectivity index (χ3v) is 7.74. The Kier molecular flexibility index (Phi) is 5.62. The van der Waals surface area contributed by atoms with Gasteiger partial charge in [0.05, 0.1) is 17.1 Å². The molecule has 7 nitrogen and oxygen atoms in total. The van der Waals surface area contributed by atoms with E-state index in [9.17, 15) is 27.1 Å². The normalized spacial score (nSPS) is 21.1. The Bertz CT molecular complexity index is 1040. The quantitative estimate of drug-likeness (QED) is 0.671. The van der Waals surface area contributed by atoms with Gasteiger partial charge >= 0.3 is 6.18 Å². The molecular formula is C21H25F3N4O3S. The predicted octanol–water partition coefficient (Wildman–Crippen LogP) is 4.52. The van der Waals surface area contributed by atoms with E-state index in [2.05, 4.69) is 23.8 Å². The lowest BCUT2D eigenvalue weighted by atomic mass is 9.78. The minimum atomic E-state index is -4.85. The first kappa shape index (κ1) is 22.8. The molecule has 32 heavy (non-hydrogen) atoms. The highest BCUT2D eigenvalue weighted by Gasteiger charge is 2.41. The Balaban J connectivity index is 1.71. The molecule has 1 aromatic carbocycles. The number of benzene rings is 1. The largest absolute Gasteiger partial charge is 0.434 e. The van der Waals surface area contributed by atoms with Crippen molar-refractivity contribution in [3.05, 3.63) is 47.3 Å². The summed E-state index contributed by atoms with van der Waals surface area (Å²) in [5, 5.41) is 0. The molecule has 0 saturated carbocycles. The highest BCUT2D eigenvalue weighted by atomic mass is 32.3. The monoisotopic (exact) mass is 470 g/mol. The van der Waals surface area contributed by atoms with Crippen molar-refractivity contribution < 1.29 is 27.1 Å². The molecule has 174 valence electrons. The Labute approximate surface area is 185 Å². The summed E-state index contributed by atoms with van der Waals surface area (Å²) in [4.78, 5) is 23.6. The highest BCUT2D eigenvalue weighted by molar-refractivity contribution is 8.24. The second-order valence-electron chi connectivity index (χ2n) is 8.74. The van der Waals surface area contributed by atoms with Gasteiger partial charge in [-0.2, -0.15) is 23.8 Å². The zero-order valence-corrected chi connectivity index (χ0v) is 18.6. The molecule has 0 bridgehead atoms. The average Bonchev–Trinajstić information content (AvgIpc) is 2.72. The summed E-state index contributed by atoms with van der Waals surface area (Å²) in [5.41, 5.74) is -0.314. The molecule has 2 aromatic rings. The molecule has 0 radical (unpaired) electrons. The zero-order valence-electron chi connectivity index (χ0n) is 17.8. The fourth-order valence-electron chi connectivity index (χ4n) is 4.11. The smallest absolute Gasteiger partial charge is 0.335 e. The fraction of sp³-hybridized carbons (Fsp3) is 0.476. The number of fused-ring (bicyclic) bond motifs is 1. The lowest BCUT2D eigenvalue weighted by molar-refractivity contribution is -0.141. The molecule has 3 heterocycles. The van der Waals surface area contributed by atoms with Crippen LogP contribution in [0.3, 0.4) is 0 Å². The van der Waals surface area contributed by atoms with Crippen LogP contribution in [0.4, 0.5) is 24.8 Å². The molecule has 0 aliphatic carbocycles. The first-order valence-corrected chi connectivity index (χ1v) is 12.1. The number of carbonyl (C=O) groups excluding carboxylic acids is 1. The Morgan fingerprint density at radius 2 is 1.78 bits per heavy atom. The van der Waals surface area contributed by atoms with Gasteiger partial charge in [0.25, 0.3) is 5.91 Å². The van der Waals surface area contributed by atoms with Crippen LogP contribution in [0.15, 0.2) is 30.5 Å². The number of aromatic nitrogens is 2. The molecule has 2 aliphatic heterocycles. The molecule has 0 unspecified atom stereocenters. The molecule has 2 N–H and O–H groups in total. The maximum absolute atomic E-state index is 13.9. The van der Waals surface area contributed by atoms with Crippen molar-refractivity contribution in [1.29, 1.82) is 0 Å². The topological polar surface area (TPSA) is 89.8 Å². The third kappa shape index (κ3) is 4.28. The van der Waals surface area contributed by atoms with Crippen LogP contribution >= 0.6 is 10.6 Å². The highest BCUT2D eigenvalue weighted by Crippen LogP contribution is 2.43. The summed E-state index contributed by atoms with van der Waals surface area (Å²) in [6.07, 6.45) is -3.21. The van der Waals surface area contributed by atoms with E-state index < -0.39 is 33.9 Å². The van der Waals surface area contributed by atoms with Crippen molar-refractivity contribution in [1.82, 2.24) is 14.9 Å². The van der Waals surface area contributed by atoms with E-state index >= 15 is 0 Å². The van der Waals surface area contributed by atoms with Crippen LogP contribution in [-0.2, 0) is 11.6 Å². The summed E-state index contributed by atoms with van der Waals surface area (Å²) in [6.45, 7) is 4.55. The number of amides is 1. The number of halogens is 3. The van der Waals surface area contributed by atoms with Crippen LogP contribution in [0, 0.1) is 0 Å². The summed E-state index contributed by atoms with van der Waals surface area (Å²) < 4.78 is 61.2. The van der Waals surface area contributed by atoms with E-state index in [1.165, 1.54) is 4.90 Å². The van der Waals surface area contributed by atoms with E-state index in [-0.39, 0.29) is 36.0 Å². The molecule has 11 heteroatoms. The van der Waals surface area contributed by atoms with E-state index in [4.69, 9.17) is 0 Å². The molecule has 0 atom stereocenters. The summed E-state index contributed by atoms with van der Waals surface area (Å²) >= 11 is 0. The maximum atomic E-state index is 13.9. The van der Waals surface area contributed by atoms with Crippen molar-refractivity contribution in [3.63, 3.8) is 0 Å². The van der Waals surface area contributed by atoms with Gasteiger partial charge in [0.1, 0.15) is 0 Å². The molecule has 4 rings (SSSR count). The third-order valence-electron chi connectivity index (χ3n) is 6.06. The Hall–Kier alpha value is -2.37. The van der Waals surface area contributed by atoms with E-state index in [1.807, 2.05) is 24.3 Å². The minimum absolute atomic E-state index is 0.0329. The number of hydrogen-bond donors (Lipinski definition) is 2. The van der Waals surface area contributed by atoms with E-state index in [1.54, 1.807) is 4.90 Å². The van der Waals surface area contributed by atoms with Crippen molar-refractivity contribution in [2.24, 2.45) is 0 Å². The van der Waals surface area contributed by atoms with Crippen LogP contribution < -0.4 is 4.90 Å². The number of hydrogen-bond acceptors (Lipinski definition) is 6. The predicted molar refractivity (Wildman–Crippen MR) is 117 cm³/mol. The van der Waals surface area contributed by atoms with Gasteiger partial charge in [-0.15, -0.1) is 0 Å². The number of para-hydroxylation sites is 1. The number of alkyl halides is 3. The molecular weight excluding hydrogens is 445 g/mol. The Morgan fingerprint density at radius 1 is 1.12 bits per heavy atom. The zero-order chi connectivity index (χ0) is 23.3. The van der Waals surface area contributed by atoms with E-state index in [0.717, 1.165) is 17.4 Å². The van der Waals surface area contributed by atoms with Crippen molar-refractivity contribution >= 4 is 28.1 Å². The molecule has 1 saturated heterocycles. The van der Waals surface area contributed by atoms with Crippen LogP contribution in [0.25, 0.3) is 0 Å². The molecule has 2 aliphatic rings. The van der Waals surface area contributed by atoms with Gasteiger partial charge in [0, 0.05) is 31.5 Å². The molecule has 1 amide bonds. The standard InChI is InChI=1S/C21H25F3N4O3S/c1-20(2)7-8-28(16-6-4-3-5-15(16)20)19-25-13-14(17(26-19)21(22,23)24)18(29)27-9-11-32(30,31)12-10-27/h3-6,13,30-31H,7-12H2,1-2H3. The summed E-state index contributed by atoms with van der Waals surface area (Å²) in [7, 11) is -2.78. The lowest BCUT2D eigenvalue weighted by Crippen LogP contribution is -2.43. The van der Waals surface area contributed by atoms with Crippen molar-refractivity contribution in [2.45, 2.75) is 31.9 Å². The van der Waals surface area contributed by atoms with Crippen LogP contribution in [0.5, 0.6) is 0 Å². The first-order valence-electron chi connectivity index (χ1n) is 10.2. The van der Waals surface area contributed by atoms with Gasteiger partial charge < -0.3 is 9.80 Å². The number of anilines is 2. The first-order chi connectivity index (χ1) is 14.9. The van der Waals surface area contributed by atoms with Gasteiger partial charge in [0.2, 0.25) is 5.95 Å². The second-order valence-corrected chi connectivity index (χ2v) is 11.2. The van der Waals surface area contributed by atoms with E-state index in [0.29, 0.717) is 13.0 Å². The average molecular weight is 471 g/mol. The second kappa shape index (κ2) is 7.89. The number of carbonyl (C=O) groups is 1. The van der Waals surface area contributed by atoms with Gasteiger partial charge in [0.15, 0.2) is 5.69 Å². The van der Waals surface area contributed by atoms with Crippen molar-refractivity contribution in [3.8, 4) is 0 Å². The van der Waals surface area contributed by atoms with Gasteiger partial charge in [-0.05, 0) is 23.5 Å². The van der Waals surface area contributed by atoms with Crippen LogP contribution in [0.2, 0.25) is 0 Å². The summed E-state index contributed by atoms with van der Waals surface area (Å²) in [5.74, 6) is -1.08. The molecule has 0 spiro atoms. The van der Waals surface area contributed by atoms with Crippen LogP contribution in [0.1, 0.15) is 41.9 Å². The summed E-state index contributed by atoms with van der Waals surface area (Å²) in [6, 6.07) is 7.49. The van der Waals surface area contributed by atoms with Crippen LogP contribution in [-0.4, -0.2) is 61.0 Å². The van der Waals surface area contributed by atoms with Gasteiger partial charge in [-0.3, -0.25) is 13.9 Å². The lowest BCUT2D eigenvalue weighted by Gasteiger charge is -2.41. The minimum Gasteiger partial charge on any atom is -0.335 e. The Morgan fingerprint density at radius 3 is 2.44 bits per heavy atom. The number of nitrogens with zero attached hydrogens (tertiary/aromatic N) is 4. The van der Waals surface area contributed by atoms with Crippen molar-refractivity contribution in [2.75, 3.05) is 36.0 Å². The van der Waals surface area contributed by atoms with Gasteiger partial charge in [-0.1, -0.05) is 32.0 Å². The molecule has 1 fully saturated rings. The van der Waals surface area contributed by atoms with Gasteiger partial charge in [-0.25, -0.2) is 9.97 Å². The number of rotatable bonds is 2. The maximum Gasteiger partial charge on any atom is 0.434 e. The molecule has 1 aromatic heterocycles. The fourth-order valence-corrected chi connectivity index (χ4v) is 5.34.